The highest BCUT2D eigenvalue weighted by Crippen LogP contribution is 2.32. The van der Waals surface area contributed by atoms with Crippen molar-refractivity contribution in [2.45, 2.75) is 24.8 Å². The van der Waals surface area contributed by atoms with Gasteiger partial charge in [-0.2, -0.15) is 0 Å². The molecule has 0 aliphatic heterocycles. The van der Waals surface area contributed by atoms with Gasteiger partial charge >= 0.3 is 5.97 Å². The standard InChI is InChI=1S/C29H25NO3S/c1-20-26-18-25(13-14-27(26)33-28(20)29(31)32)34-30(16-15-21-7-3-2-4-8-21)19-22-11-12-23-9-5-6-10-24(23)17-22/h2-14,17-18H,15-16,19H2,1H3,(H,31,32). The monoisotopic (exact) mass is 467 g/mol. The summed E-state index contributed by atoms with van der Waals surface area (Å²) >= 11 is 1.69. The van der Waals surface area contributed by atoms with Crippen LogP contribution in [-0.4, -0.2) is 21.9 Å². The van der Waals surface area contributed by atoms with Gasteiger partial charge < -0.3 is 9.52 Å². The second kappa shape index (κ2) is 9.75. The molecule has 1 heterocycles. The number of carboxylic acids is 1. The number of hydrogen-bond donors (Lipinski definition) is 1. The second-order valence-corrected chi connectivity index (χ2v) is 9.56. The van der Waals surface area contributed by atoms with E-state index in [0.29, 0.717) is 11.1 Å². The molecular formula is C29H25NO3S. The Balaban J connectivity index is 1.42. The largest absolute Gasteiger partial charge is 0.475 e. The summed E-state index contributed by atoms with van der Waals surface area (Å²) < 4.78 is 7.91. The van der Waals surface area contributed by atoms with Gasteiger partial charge in [0.05, 0.1) is 0 Å². The summed E-state index contributed by atoms with van der Waals surface area (Å²) in [5.41, 5.74) is 3.83. The highest BCUT2D eigenvalue weighted by Gasteiger charge is 2.18. The van der Waals surface area contributed by atoms with Gasteiger partial charge in [-0.1, -0.05) is 66.7 Å². The summed E-state index contributed by atoms with van der Waals surface area (Å²) in [6, 6.07) is 31.5. The maximum Gasteiger partial charge on any atom is 0.372 e. The maximum absolute atomic E-state index is 11.5. The van der Waals surface area contributed by atoms with Gasteiger partial charge in [0, 0.05) is 28.9 Å². The van der Waals surface area contributed by atoms with Gasteiger partial charge in [-0.25, -0.2) is 9.10 Å². The van der Waals surface area contributed by atoms with E-state index in [4.69, 9.17) is 4.42 Å². The molecule has 0 amide bonds. The lowest BCUT2D eigenvalue weighted by Gasteiger charge is -2.22. The Hall–Kier alpha value is -3.54. The van der Waals surface area contributed by atoms with Crippen LogP contribution < -0.4 is 0 Å². The molecule has 170 valence electrons. The van der Waals surface area contributed by atoms with E-state index in [-0.39, 0.29) is 5.76 Å². The Kier molecular flexibility index (Phi) is 6.39. The van der Waals surface area contributed by atoms with Gasteiger partial charge in [-0.15, -0.1) is 0 Å². The van der Waals surface area contributed by atoms with Crippen molar-refractivity contribution in [3.63, 3.8) is 0 Å². The van der Waals surface area contributed by atoms with Crippen LogP contribution >= 0.6 is 11.9 Å². The molecule has 34 heavy (non-hydrogen) atoms. The van der Waals surface area contributed by atoms with E-state index >= 15 is 0 Å². The van der Waals surface area contributed by atoms with Gasteiger partial charge in [0.2, 0.25) is 5.76 Å². The molecule has 5 heteroatoms. The van der Waals surface area contributed by atoms with Gasteiger partial charge in [-0.05, 0) is 71.5 Å². The zero-order valence-electron chi connectivity index (χ0n) is 18.9. The first-order valence-corrected chi connectivity index (χ1v) is 12.0. The lowest BCUT2D eigenvalue weighted by molar-refractivity contribution is 0.0664. The van der Waals surface area contributed by atoms with E-state index in [1.54, 1.807) is 18.9 Å². The van der Waals surface area contributed by atoms with Crippen LogP contribution in [0.3, 0.4) is 0 Å². The molecule has 5 rings (SSSR count). The fourth-order valence-corrected chi connectivity index (χ4v) is 5.20. The number of rotatable bonds is 8. The van der Waals surface area contributed by atoms with Crippen LogP contribution in [0.5, 0.6) is 0 Å². The van der Waals surface area contributed by atoms with Crippen LogP contribution in [-0.2, 0) is 13.0 Å². The smallest absolute Gasteiger partial charge is 0.372 e. The number of carbonyl (C=O) groups is 1. The third-order valence-corrected chi connectivity index (χ3v) is 7.04. The van der Waals surface area contributed by atoms with Crippen LogP contribution in [0.1, 0.15) is 27.2 Å². The van der Waals surface area contributed by atoms with E-state index in [2.05, 4.69) is 71.0 Å². The molecule has 0 aliphatic carbocycles. The molecule has 5 aromatic rings. The number of hydrogen-bond acceptors (Lipinski definition) is 4. The fourth-order valence-electron chi connectivity index (χ4n) is 4.21. The molecule has 0 saturated heterocycles. The van der Waals surface area contributed by atoms with Crippen molar-refractivity contribution in [3.05, 3.63) is 113 Å². The highest BCUT2D eigenvalue weighted by molar-refractivity contribution is 7.97. The van der Waals surface area contributed by atoms with E-state index in [9.17, 15) is 9.90 Å². The summed E-state index contributed by atoms with van der Waals surface area (Å²) in [4.78, 5) is 12.5. The van der Waals surface area contributed by atoms with Crippen molar-refractivity contribution >= 4 is 39.7 Å². The topological polar surface area (TPSA) is 53.7 Å². The number of aromatic carboxylic acids is 1. The molecule has 0 radical (unpaired) electrons. The number of benzene rings is 4. The Morgan fingerprint density at radius 3 is 2.44 bits per heavy atom. The number of aryl methyl sites for hydroxylation is 1. The van der Waals surface area contributed by atoms with Gasteiger partial charge in [-0.3, -0.25) is 0 Å². The van der Waals surface area contributed by atoms with E-state index in [1.165, 1.54) is 21.9 Å². The molecule has 0 saturated carbocycles. The van der Waals surface area contributed by atoms with Crippen molar-refractivity contribution < 1.29 is 14.3 Å². The third-order valence-electron chi connectivity index (χ3n) is 6.00. The zero-order valence-corrected chi connectivity index (χ0v) is 19.7. The molecule has 0 bridgehead atoms. The first-order valence-electron chi connectivity index (χ1n) is 11.3. The van der Waals surface area contributed by atoms with Crippen LogP contribution in [0.15, 0.2) is 100 Å². The van der Waals surface area contributed by atoms with Gasteiger partial charge in [0.15, 0.2) is 0 Å². The first kappa shape index (κ1) is 22.3. The van der Waals surface area contributed by atoms with Crippen LogP contribution in [0.25, 0.3) is 21.7 Å². The van der Waals surface area contributed by atoms with Crippen molar-refractivity contribution in [1.82, 2.24) is 4.31 Å². The molecule has 0 spiro atoms. The average molecular weight is 468 g/mol. The quantitative estimate of drug-likeness (QED) is 0.242. The molecular weight excluding hydrogens is 442 g/mol. The fraction of sp³-hybridized carbons (Fsp3) is 0.138. The summed E-state index contributed by atoms with van der Waals surface area (Å²) in [5.74, 6) is -1.03. The Morgan fingerprint density at radius 2 is 1.65 bits per heavy atom. The molecule has 1 aromatic heterocycles. The molecule has 4 nitrogen and oxygen atoms in total. The van der Waals surface area contributed by atoms with Crippen LogP contribution in [0.2, 0.25) is 0 Å². The number of carboxylic acid groups (broad SMARTS) is 1. The minimum absolute atomic E-state index is 0.00856. The number of furan rings is 1. The maximum atomic E-state index is 11.5. The van der Waals surface area contributed by atoms with Crippen LogP contribution in [0, 0.1) is 6.92 Å². The van der Waals surface area contributed by atoms with E-state index in [1.807, 2.05) is 24.3 Å². The van der Waals surface area contributed by atoms with Crippen molar-refractivity contribution in [3.8, 4) is 0 Å². The highest BCUT2D eigenvalue weighted by atomic mass is 32.2. The average Bonchev–Trinajstić information content (AvgIpc) is 3.19. The van der Waals surface area contributed by atoms with E-state index < -0.39 is 5.97 Å². The summed E-state index contributed by atoms with van der Waals surface area (Å²) in [7, 11) is 0. The van der Waals surface area contributed by atoms with Crippen LogP contribution in [0.4, 0.5) is 0 Å². The lowest BCUT2D eigenvalue weighted by atomic mass is 10.1. The zero-order chi connectivity index (χ0) is 23.5. The molecule has 1 N–H and O–H groups in total. The Bertz CT molecular complexity index is 1460. The number of nitrogens with zero attached hydrogens (tertiary/aromatic N) is 1. The summed E-state index contributed by atoms with van der Waals surface area (Å²) in [6.07, 6.45) is 0.942. The molecule has 4 aromatic carbocycles. The molecule has 0 atom stereocenters. The molecule has 0 aliphatic rings. The molecule has 0 fully saturated rings. The lowest BCUT2D eigenvalue weighted by Crippen LogP contribution is -2.18. The van der Waals surface area contributed by atoms with Crippen molar-refractivity contribution in [1.29, 1.82) is 0 Å². The predicted molar refractivity (Wildman–Crippen MR) is 138 cm³/mol. The number of fused-ring (bicyclic) bond motifs is 2. The molecule has 0 unspecified atom stereocenters. The van der Waals surface area contributed by atoms with E-state index in [0.717, 1.165) is 29.8 Å². The summed E-state index contributed by atoms with van der Waals surface area (Å²) in [6.45, 7) is 3.47. The minimum Gasteiger partial charge on any atom is -0.475 e. The first-order chi connectivity index (χ1) is 16.6. The normalized spacial score (nSPS) is 11.5. The minimum atomic E-state index is -1.04. The SMILES string of the molecule is Cc1c(C(=O)O)oc2ccc(SN(CCc3ccccc3)Cc3ccc4ccccc4c3)cc12. The Labute approximate surface area is 203 Å². The Morgan fingerprint density at radius 1 is 0.882 bits per heavy atom. The summed E-state index contributed by atoms with van der Waals surface area (Å²) in [5, 5.41) is 12.7. The van der Waals surface area contributed by atoms with Gasteiger partial charge in [0.25, 0.3) is 0 Å². The second-order valence-electron chi connectivity index (χ2n) is 8.39. The van der Waals surface area contributed by atoms with Crippen molar-refractivity contribution in [2.24, 2.45) is 0 Å². The third kappa shape index (κ3) is 4.86. The predicted octanol–water partition coefficient (Wildman–Crippen LogP) is 7.34. The van der Waals surface area contributed by atoms with Gasteiger partial charge in [0.1, 0.15) is 5.58 Å². The van der Waals surface area contributed by atoms with Crippen molar-refractivity contribution in [2.75, 3.05) is 6.54 Å².